The first-order valence-electron chi connectivity index (χ1n) is 17.4. The van der Waals surface area contributed by atoms with Crippen molar-refractivity contribution in [3.05, 3.63) is 65.2 Å². The lowest BCUT2D eigenvalue weighted by atomic mass is 10.0. The number of carboxylic acid groups (broad SMARTS) is 3. The Hall–Kier alpha value is -4.81. The number of carbonyl (C=O) groups excluding carboxylic acids is 2. The quantitative estimate of drug-likeness (QED) is 0.163. The molecule has 14 heteroatoms. The van der Waals surface area contributed by atoms with Gasteiger partial charge in [0.15, 0.2) is 0 Å². The molecule has 2 amide bonds. The van der Waals surface area contributed by atoms with E-state index in [9.17, 15) is 39.3 Å². The smallest absolute Gasteiger partial charge is 0.317 e. The first-order valence-corrected chi connectivity index (χ1v) is 17.4. The molecule has 0 unspecified atom stereocenters. The average molecular weight is 705 g/mol. The Balaban J connectivity index is 1.26. The van der Waals surface area contributed by atoms with Gasteiger partial charge in [0.1, 0.15) is 0 Å². The highest BCUT2D eigenvalue weighted by Gasteiger charge is 2.22. The summed E-state index contributed by atoms with van der Waals surface area (Å²) in [5.74, 6) is 3.25. The summed E-state index contributed by atoms with van der Waals surface area (Å²) < 4.78 is 0. The maximum absolute atomic E-state index is 13.5. The van der Waals surface area contributed by atoms with E-state index in [1.165, 1.54) is 0 Å². The maximum Gasteiger partial charge on any atom is 0.317 e. The van der Waals surface area contributed by atoms with Crippen LogP contribution in [-0.4, -0.2) is 150 Å². The van der Waals surface area contributed by atoms with Crippen molar-refractivity contribution in [2.45, 2.75) is 32.2 Å². The molecular weight excluding hydrogens is 656 g/mol. The second-order valence-electron chi connectivity index (χ2n) is 12.9. The fraction of sp³-hybridized carbons (Fsp3) is 0.486. The standard InChI is InChI=1S/C37H48N6O8/c44-33(25-39-16-18-40(26-35(46)47)20-22-42(28-37(50)51)23-21-41(19-17-39)27-36(48)49)38-15-7-1-2-12-34(45)43-24-31-10-4-3-8-29(31)13-14-30-9-5-6-11-32(30)43/h3-6,8-11H,1-2,7,12,15-28H2,(H,38,44)(H,46,47)(H,48,49)(H,50,51). The van der Waals surface area contributed by atoms with Crippen LogP contribution in [0, 0.1) is 11.8 Å². The van der Waals surface area contributed by atoms with E-state index in [1.54, 1.807) is 14.7 Å². The van der Waals surface area contributed by atoms with Gasteiger partial charge in [0.25, 0.3) is 0 Å². The number of fused-ring (bicyclic) bond motifs is 2. The maximum atomic E-state index is 13.5. The van der Waals surface area contributed by atoms with Crippen LogP contribution in [0.25, 0.3) is 0 Å². The Kier molecular flexibility index (Phi) is 15.4. The molecule has 2 aromatic carbocycles. The van der Waals surface area contributed by atoms with Crippen molar-refractivity contribution in [3.8, 4) is 11.8 Å². The van der Waals surface area contributed by atoms with E-state index < -0.39 is 17.9 Å². The van der Waals surface area contributed by atoms with Crippen molar-refractivity contribution in [3.63, 3.8) is 0 Å². The first kappa shape index (κ1) is 39.0. The Labute approximate surface area is 298 Å². The first-order chi connectivity index (χ1) is 24.6. The summed E-state index contributed by atoms with van der Waals surface area (Å²) in [6, 6.07) is 15.5. The van der Waals surface area contributed by atoms with Gasteiger partial charge in [0, 0.05) is 76.5 Å². The zero-order valence-corrected chi connectivity index (χ0v) is 29.0. The lowest BCUT2D eigenvalue weighted by Gasteiger charge is -2.32. The lowest BCUT2D eigenvalue weighted by molar-refractivity contribution is -0.140. The topological polar surface area (TPSA) is 174 Å². The van der Waals surface area contributed by atoms with Gasteiger partial charge in [-0.1, -0.05) is 48.6 Å². The molecule has 2 heterocycles. The summed E-state index contributed by atoms with van der Waals surface area (Å²) in [4.78, 5) is 69.7. The van der Waals surface area contributed by atoms with E-state index in [1.807, 2.05) is 58.3 Å². The number of nitrogens with one attached hydrogen (secondary N) is 1. The number of carboxylic acids is 3. The summed E-state index contributed by atoms with van der Waals surface area (Å²) in [6.45, 7) is 2.93. The fourth-order valence-corrected chi connectivity index (χ4v) is 6.19. The Morgan fingerprint density at radius 3 is 1.61 bits per heavy atom. The molecule has 4 rings (SSSR count). The van der Waals surface area contributed by atoms with Gasteiger partial charge in [0.05, 0.1) is 38.4 Å². The molecule has 0 aliphatic carbocycles. The van der Waals surface area contributed by atoms with Crippen molar-refractivity contribution in [1.29, 1.82) is 0 Å². The van der Waals surface area contributed by atoms with Gasteiger partial charge in [0.2, 0.25) is 11.8 Å². The Bertz CT molecular complexity index is 1560. The monoisotopic (exact) mass is 704 g/mol. The second kappa shape index (κ2) is 20.1. The number of hydrogen-bond acceptors (Lipinski definition) is 9. The largest absolute Gasteiger partial charge is 0.480 e. The Morgan fingerprint density at radius 1 is 0.588 bits per heavy atom. The molecule has 51 heavy (non-hydrogen) atoms. The van der Waals surface area contributed by atoms with Gasteiger partial charge in [-0.15, -0.1) is 0 Å². The van der Waals surface area contributed by atoms with Gasteiger partial charge in [-0.3, -0.25) is 43.6 Å². The molecule has 2 aromatic rings. The number of hydrogen-bond donors (Lipinski definition) is 4. The third-order valence-corrected chi connectivity index (χ3v) is 8.94. The van der Waals surface area contributed by atoms with Crippen molar-refractivity contribution in [2.75, 3.05) is 90.0 Å². The highest BCUT2D eigenvalue weighted by atomic mass is 16.4. The van der Waals surface area contributed by atoms with Gasteiger partial charge in [-0.2, -0.15) is 0 Å². The number of benzene rings is 2. The molecule has 0 radical (unpaired) electrons. The molecule has 4 N–H and O–H groups in total. The van der Waals surface area contributed by atoms with Crippen LogP contribution < -0.4 is 10.2 Å². The third-order valence-electron chi connectivity index (χ3n) is 8.94. The summed E-state index contributed by atoms with van der Waals surface area (Å²) in [5.41, 5.74) is 3.52. The highest BCUT2D eigenvalue weighted by molar-refractivity contribution is 5.95. The molecule has 0 bridgehead atoms. The summed E-state index contributed by atoms with van der Waals surface area (Å²) in [7, 11) is 0. The number of nitrogens with zero attached hydrogens (tertiary/aromatic N) is 5. The number of unbranched alkanes of at least 4 members (excludes halogenated alkanes) is 2. The van der Waals surface area contributed by atoms with Crippen LogP contribution in [0.5, 0.6) is 0 Å². The van der Waals surface area contributed by atoms with E-state index >= 15 is 0 Å². The molecule has 274 valence electrons. The zero-order valence-electron chi connectivity index (χ0n) is 29.0. The van der Waals surface area contributed by atoms with E-state index in [0.717, 1.165) is 28.8 Å². The van der Waals surface area contributed by atoms with Gasteiger partial charge >= 0.3 is 17.9 Å². The van der Waals surface area contributed by atoms with Crippen molar-refractivity contribution in [2.24, 2.45) is 0 Å². The third kappa shape index (κ3) is 13.4. The van der Waals surface area contributed by atoms with Gasteiger partial charge < -0.3 is 25.5 Å². The molecule has 1 fully saturated rings. The summed E-state index contributed by atoms with van der Waals surface area (Å²) >= 11 is 0. The van der Waals surface area contributed by atoms with E-state index in [4.69, 9.17) is 0 Å². The van der Waals surface area contributed by atoms with E-state index in [2.05, 4.69) is 17.2 Å². The number of para-hydroxylation sites is 1. The Morgan fingerprint density at radius 2 is 1.06 bits per heavy atom. The van der Waals surface area contributed by atoms with Crippen LogP contribution >= 0.6 is 0 Å². The number of carbonyl (C=O) groups is 5. The van der Waals surface area contributed by atoms with Crippen LogP contribution in [0.15, 0.2) is 48.5 Å². The predicted octanol–water partition coefficient (Wildman–Crippen LogP) is 1.09. The summed E-state index contributed by atoms with van der Waals surface area (Å²) in [6.07, 6.45) is 2.46. The molecule has 14 nitrogen and oxygen atoms in total. The second-order valence-corrected chi connectivity index (χ2v) is 12.9. The van der Waals surface area contributed by atoms with Crippen LogP contribution in [0.3, 0.4) is 0 Å². The van der Waals surface area contributed by atoms with E-state index in [0.29, 0.717) is 84.7 Å². The fourth-order valence-electron chi connectivity index (χ4n) is 6.19. The normalized spacial score (nSPS) is 16.5. The lowest BCUT2D eigenvalue weighted by Crippen LogP contribution is -2.49. The number of aliphatic carboxylic acids is 3. The molecule has 0 aromatic heterocycles. The average Bonchev–Trinajstić information content (AvgIpc) is 3.07. The molecular formula is C37H48N6O8. The number of rotatable bonds is 14. The highest BCUT2D eigenvalue weighted by Crippen LogP contribution is 2.26. The van der Waals surface area contributed by atoms with Crippen molar-refractivity contribution < 1.29 is 39.3 Å². The molecule has 1 saturated heterocycles. The van der Waals surface area contributed by atoms with Gasteiger partial charge in [-0.05, 0) is 36.6 Å². The number of anilines is 1. The van der Waals surface area contributed by atoms with Gasteiger partial charge in [-0.25, -0.2) is 0 Å². The molecule has 0 atom stereocenters. The summed E-state index contributed by atoms with van der Waals surface area (Å²) in [5, 5.41) is 31.1. The SMILES string of the molecule is O=C(O)CN1CCN(CC(=O)O)CCN(CC(=O)NCCCCCC(=O)N2Cc3ccccc3C#Cc3ccccc32)CCN(CC(=O)O)CC1. The molecule has 2 aliphatic heterocycles. The van der Waals surface area contributed by atoms with Crippen LogP contribution in [-0.2, 0) is 30.5 Å². The zero-order chi connectivity index (χ0) is 36.6. The number of amides is 2. The molecule has 2 aliphatic rings. The van der Waals surface area contributed by atoms with Crippen molar-refractivity contribution >= 4 is 35.4 Å². The van der Waals surface area contributed by atoms with Crippen LogP contribution in [0.4, 0.5) is 5.69 Å². The van der Waals surface area contributed by atoms with Crippen LogP contribution in [0.2, 0.25) is 0 Å². The minimum atomic E-state index is -1.01. The van der Waals surface area contributed by atoms with Crippen LogP contribution in [0.1, 0.15) is 42.4 Å². The molecule has 0 spiro atoms. The predicted molar refractivity (Wildman–Crippen MR) is 190 cm³/mol. The minimum absolute atomic E-state index is 0.0174. The van der Waals surface area contributed by atoms with Crippen molar-refractivity contribution in [1.82, 2.24) is 24.9 Å². The van der Waals surface area contributed by atoms with E-state index in [-0.39, 0.29) is 38.0 Å². The molecule has 0 saturated carbocycles. The minimum Gasteiger partial charge on any atom is -0.480 e.